The number of hydrogen-bond donors (Lipinski definition) is 1. The predicted molar refractivity (Wildman–Crippen MR) is 102 cm³/mol. The molecule has 1 fully saturated rings. The van der Waals surface area contributed by atoms with Gasteiger partial charge in [0.1, 0.15) is 17.8 Å². The van der Waals surface area contributed by atoms with Crippen LogP contribution in [0.4, 0.5) is 0 Å². The van der Waals surface area contributed by atoms with Crippen LogP contribution in [-0.4, -0.2) is 42.5 Å². The molecule has 1 aromatic rings. The molecule has 1 heterocycles. The average Bonchev–Trinajstić information content (AvgIpc) is 3.36. The molecule has 142 valence electrons. The Hall–Kier alpha value is -1.55. The summed E-state index contributed by atoms with van der Waals surface area (Å²) in [6.07, 6.45) is 8.23. The first kappa shape index (κ1) is 17.8. The second-order valence-electron chi connectivity index (χ2n) is 8.64. The van der Waals surface area contributed by atoms with Gasteiger partial charge >= 0.3 is 0 Å². The molecule has 3 aliphatic rings. The number of benzene rings is 1. The van der Waals surface area contributed by atoms with Gasteiger partial charge in [-0.15, -0.1) is 0 Å². The van der Waals surface area contributed by atoms with Crippen molar-refractivity contribution in [3.63, 3.8) is 0 Å². The van der Waals surface area contributed by atoms with Crippen molar-refractivity contribution in [2.75, 3.05) is 20.2 Å². The number of phenols is 1. The van der Waals surface area contributed by atoms with Gasteiger partial charge in [-0.1, -0.05) is 13.3 Å². The summed E-state index contributed by atoms with van der Waals surface area (Å²) in [6, 6.07) is 4.08. The smallest absolute Gasteiger partial charge is 0.123 e. The third-order valence-corrected chi connectivity index (χ3v) is 6.92. The minimum atomic E-state index is -0.0676. The van der Waals surface area contributed by atoms with E-state index in [1.165, 1.54) is 18.4 Å². The zero-order chi connectivity index (χ0) is 18.3. The van der Waals surface area contributed by atoms with E-state index >= 15 is 0 Å². The minimum Gasteiger partial charge on any atom is -0.508 e. The summed E-state index contributed by atoms with van der Waals surface area (Å²) in [4.78, 5) is 13.7. The van der Waals surface area contributed by atoms with E-state index in [4.69, 9.17) is 4.74 Å². The summed E-state index contributed by atoms with van der Waals surface area (Å²) in [6.45, 7) is 4.04. The first-order chi connectivity index (χ1) is 12.6. The molecule has 26 heavy (non-hydrogen) atoms. The van der Waals surface area contributed by atoms with Crippen molar-refractivity contribution in [2.45, 2.75) is 63.3 Å². The van der Waals surface area contributed by atoms with E-state index < -0.39 is 0 Å². The lowest BCUT2D eigenvalue weighted by molar-refractivity contribution is -0.108. The molecule has 0 aromatic heterocycles. The molecular formula is C22H31NO3. The zero-order valence-corrected chi connectivity index (χ0v) is 16.0. The van der Waals surface area contributed by atoms with E-state index in [1.807, 2.05) is 6.07 Å². The lowest BCUT2D eigenvalue weighted by Gasteiger charge is -2.49. The monoisotopic (exact) mass is 357 g/mol. The maximum Gasteiger partial charge on any atom is 0.123 e. The number of aldehydes is 1. The molecule has 4 rings (SSSR count). The second-order valence-corrected chi connectivity index (χ2v) is 8.64. The first-order valence-corrected chi connectivity index (χ1v) is 10.2. The van der Waals surface area contributed by atoms with Crippen molar-refractivity contribution in [2.24, 2.45) is 11.8 Å². The molecule has 0 spiro atoms. The topological polar surface area (TPSA) is 49.8 Å². The van der Waals surface area contributed by atoms with E-state index in [2.05, 4.69) is 18.9 Å². The van der Waals surface area contributed by atoms with Crippen LogP contribution in [0.5, 0.6) is 11.5 Å². The van der Waals surface area contributed by atoms with Gasteiger partial charge in [-0.2, -0.15) is 0 Å². The molecule has 3 atom stereocenters. The van der Waals surface area contributed by atoms with Gasteiger partial charge in [0.2, 0.25) is 0 Å². The van der Waals surface area contributed by atoms with Crippen molar-refractivity contribution in [1.29, 1.82) is 0 Å². The van der Waals surface area contributed by atoms with E-state index in [0.717, 1.165) is 55.7 Å². The minimum absolute atomic E-state index is 0.0676. The summed E-state index contributed by atoms with van der Waals surface area (Å²) in [5.74, 6) is 2.58. The molecule has 0 saturated heterocycles. The Morgan fingerprint density at radius 3 is 2.88 bits per heavy atom. The summed E-state index contributed by atoms with van der Waals surface area (Å²) in [5, 5.41) is 10.6. The van der Waals surface area contributed by atoms with Gasteiger partial charge in [0.15, 0.2) is 0 Å². The van der Waals surface area contributed by atoms with Gasteiger partial charge in [0.25, 0.3) is 0 Å². The van der Waals surface area contributed by atoms with Crippen LogP contribution in [0.3, 0.4) is 0 Å². The lowest BCUT2D eigenvalue weighted by Crippen LogP contribution is -2.54. The predicted octanol–water partition coefficient (Wildman–Crippen LogP) is 3.68. The largest absolute Gasteiger partial charge is 0.508 e. The molecule has 2 aliphatic carbocycles. The maximum atomic E-state index is 11.2. The number of nitrogens with zero attached hydrogens (tertiary/aromatic N) is 1. The maximum absolute atomic E-state index is 11.2. The Labute approximate surface area is 156 Å². The number of carbonyl (C=O) groups excluding carboxylic acids is 1. The Morgan fingerprint density at radius 2 is 2.19 bits per heavy atom. The zero-order valence-electron chi connectivity index (χ0n) is 16.0. The normalized spacial score (nSPS) is 29.5. The van der Waals surface area contributed by atoms with Gasteiger partial charge in [-0.05, 0) is 63.1 Å². The number of phenolic OH excluding ortho intramolecular Hbond substituents is 1. The third kappa shape index (κ3) is 2.83. The molecule has 1 aliphatic heterocycles. The van der Waals surface area contributed by atoms with Gasteiger partial charge in [-0.3, -0.25) is 0 Å². The van der Waals surface area contributed by atoms with E-state index in [0.29, 0.717) is 30.7 Å². The van der Waals surface area contributed by atoms with Gasteiger partial charge < -0.3 is 19.5 Å². The van der Waals surface area contributed by atoms with Crippen LogP contribution in [0.25, 0.3) is 0 Å². The van der Waals surface area contributed by atoms with Crippen molar-refractivity contribution >= 4 is 6.29 Å². The molecular weight excluding hydrogens is 326 g/mol. The average molecular weight is 357 g/mol. The van der Waals surface area contributed by atoms with Crippen LogP contribution in [0, 0.1) is 11.8 Å². The van der Waals surface area contributed by atoms with Crippen LogP contribution in [0.2, 0.25) is 0 Å². The number of aromatic hydroxyl groups is 1. The SMILES string of the molecule is CCC[C@@]12COc3ccc(O)c(c31)CC(N(C)CC1CC1)C2CCC=O. The Bertz CT molecular complexity index is 680. The number of rotatable bonds is 8. The fourth-order valence-electron chi connectivity index (χ4n) is 5.63. The highest BCUT2D eigenvalue weighted by molar-refractivity contribution is 5.57. The highest BCUT2D eigenvalue weighted by Crippen LogP contribution is 2.56. The van der Waals surface area contributed by atoms with Crippen LogP contribution in [0.1, 0.15) is 56.6 Å². The van der Waals surface area contributed by atoms with E-state index in [-0.39, 0.29) is 5.41 Å². The van der Waals surface area contributed by atoms with Crippen LogP contribution >= 0.6 is 0 Å². The Morgan fingerprint density at radius 1 is 1.38 bits per heavy atom. The van der Waals surface area contributed by atoms with Crippen LogP contribution in [0.15, 0.2) is 12.1 Å². The van der Waals surface area contributed by atoms with Crippen molar-refractivity contribution < 1.29 is 14.6 Å². The Kier molecular flexibility index (Phi) is 4.72. The molecule has 4 heteroatoms. The fourth-order valence-corrected chi connectivity index (χ4v) is 5.63. The fraction of sp³-hybridized carbons (Fsp3) is 0.682. The summed E-state index contributed by atoms with van der Waals surface area (Å²) in [7, 11) is 2.23. The van der Waals surface area contributed by atoms with Crippen LogP contribution < -0.4 is 4.74 Å². The first-order valence-electron chi connectivity index (χ1n) is 10.2. The molecule has 4 nitrogen and oxygen atoms in total. The Balaban J connectivity index is 1.78. The molecule has 0 amide bonds. The summed E-state index contributed by atoms with van der Waals surface area (Å²) >= 11 is 0. The highest BCUT2D eigenvalue weighted by Gasteiger charge is 2.54. The molecule has 1 aromatic carbocycles. The van der Waals surface area contributed by atoms with Gasteiger partial charge in [0, 0.05) is 35.5 Å². The number of ether oxygens (including phenoxy) is 1. The number of hydrogen-bond acceptors (Lipinski definition) is 4. The van der Waals surface area contributed by atoms with E-state index in [9.17, 15) is 9.90 Å². The number of likely N-dealkylation sites (N-methyl/N-ethyl adjacent to an activating group) is 1. The standard InChI is InChI=1S/C22H31NO3/c1-3-10-22-14-26-20-9-8-19(25)16(21(20)22)12-18(17(22)5-4-11-24)23(2)13-15-6-7-15/h8-9,11,15,17-18,25H,3-7,10,12-14H2,1-2H3/t17?,18?,22-/m0/s1. The molecule has 1 saturated carbocycles. The summed E-state index contributed by atoms with van der Waals surface area (Å²) < 4.78 is 6.15. The van der Waals surface area contributed by atoms with Gasteiger partial charge in [-0.25, -0.2) is 0 Å². The third-order valence-electron chi connectivity index (χ3n) is 6.92. The van der Waals surface area contributed by atoms with Gasteiger partial charge in [0.05, 0.1) is 6.61 Å². The highest BCUT2D eigenvalue weighted by atomic mass is 16.5. The quantitative estimate of drug-likeness (QED) is 0.721. The van der Waals surface area contributed by atoms with Crippen LogP contribution in [-0.2, 0) is 16.6 Å². The lowest BCUT2D eigenvalue weighted by atomic mass is 9.58. The molecule has 0 radical (unpaired) electrons. The van der Waals surface area contributed by atoms with Crippen molar-refractivity contribution in [1.82, 2.24) is 4.90 Å². The van der Waals surface area contributed by atoms with Crippen molar-refractivity contribution in [3.8, 4) is 11.5 Å². The summed E-state index contributed by atoms with van der Waals surface area (Å²) in [5.41, 5.74) is 2.26. The van der Waals surface area contributed by atoms with E-state index in [1.54, 1.807) is 6.07 Å². The number of carbonyl (C=O) groups is 1. The van der Waals surface area contributed by atoms with Crippen molar-refractivity contribution in [3.05, 3.63) is 23.3 Å². The molecule has 0 bridgehead atoms. The molecule has 1 N–H and O–H groups in total. The second kappa shape index (κ2) is 6.88. The molecule has 2 unspecified atom stereocenters.